The summed E-state index contributed by atoms with van der Waals surface area (Å²) >= 11 is 1.65. The number of benzene rings is 1. The summed E-state index contributed by atoms with van der Waals surface area (Å²) in [7, 11) is 0. The number of nitrogens with zero attached hydrogens (tertiary/aromatic N) is 1. The topological polar surface area (TPSA) is 46.3 Å². The number of carbonyl (C=O) groups is 1. The van der Waals surface area contributed by atoms with Crippen LogP contribution in [0.25, 0.3) is 10.1 Å². The fourth-order valence-electron chi connectivity index (χ4n) is 3.53. The van der Waals surface area contributed by atoms with Crippen LogP contribution >= 0.6 is 11.3 Å². The number of thiophene rings is 1. The lowest BCUT2D eigenvalue weighted by Crippen LogP contribution is -2.44. The van der Waals surface area contributed by atoms with E-state index >= 15 is 0 Å². The van der Waals surface area contributed by atoms with Crippen molar-refractivity contribution in [2.24, 2.45) is 11.7 Å². The number of nitrogens with two attached hydrogens (primary N) is 1. The Balaban J connectivity index is 1.92. The van der Waals surface area contributed by atoms with Crippen LogP contribution in [0.2, 0.25) is 0 Å². The highest BCUT2D eigenvalue weighted by Crippen LogP contribution is 2.32. The van der Waals surface area contributed by atoms with Gasteiger partial charge in [-0.25, -0.2) is 0 Å². The largest absolute Gasteiger partial charge is 0.336 e. The van der Waals surface area contributed by atoms with Gasteiger partial charge in [0, 0.05) is 28.1 Å². The quantitative estimate of drug-likeness (QED) is 0.939. The maximum absolute atomic E-state index is 13.0. The molecule has 1 aromatic heterocycles. The van der Waals surface area contributed by atoms with Crippen molar-refractivity contribution in [1.29, 1.82) is 0 Å². The highest BCUT2D eigenvalue weighted by Gasteiger charge is 2.34. The lowest BCUT2D eigenvalue weighted by Gasteiger charge is -2.31. The van der Waals surface area contributed by atoms with Crippen molar-refractivity contribution in [1.82, 2.24) is 4.90 Å². The third-order valence-electron chi connectivity index (χ3n) is 4.63. The molecule has 0 aliphatic heterocycles. The van der Waals surface area contributed by atoms with Gasteiger partial charge in [-0.1, -0.05) is 24.6 Å². The van der Waals surface area contributed by atoms with Crippen molar-refractivity contribution in [2.75, 3.05) is 13.1 Å². The number of hydrogen-bond donors (Lipinski definition) is 1. The van der Waals surface area contributed by atoms with Crippen LogP contribution in [0.1, 0.15) is 36.5 Å². The molecule has 2 aromatic rings. The molecule has 2 N–H and O–H groups in total. The molecule has 21 heavy (non-hydrogen) atoms. The molecule has 1 amide bonds. The van der Waals surface area contributed by atoms with Gasteiger partial charge in [0.2, 0.25) is 0 Å². The van der Waals surface area contributed by atoms with Crippen molar-refractivity contribution >= 4 is 27.3 Å². The molecule has 0 spiro atoms. The first-order valence-corrected chi connectivity index (χ1v) is 8.61. The molecule has 1 aliphatic rings. The van der Waals surface area contributed by atoms with E-state index in [0.29, 0.717) is 18.5 Å². The molecule has 1 aromatic carbocycles. The first-order valence-electron chi connectivity index (χ1n) is 7.73. The molecule has 0 radical (unpaired) electrons. The van der Waals surface area contributed by atoms with Crippen molar-refractivity contribution < 1.29 is 4.79 Å². The SMILES string of the molecule is CCN(C(=O)c1csc2ccccc12)C1CCCC1CN. The third-order valence-corrected chi connectivity index (χ3v) is 5.60. The highest BCUT2D eigenvalue weighted by molar-refractivity contribution is 7.17. The third kappa shape index (κ3) is 2.58. The number of hydrogen-bond acceptors (Lipinski definition) is 3. The van der Waals surface area contributed by atoms with Gasteiger partial charge in [-0.2, -0.15) is 0 Å². The van der Waals surface area contributed by atoms with Crippen LogP contribution in [0.15, 0.2) is 29.6 Å². The van der Waals surface area contributed by atoms with Crippen LogP contribution in [0.4, 0.5) is 0 Å². The molecule has 2 unspecified atom stereocenters. The van der Waals surface area contributed by atoms with Crippen LogP contribution in [-0.2, 0) is 0 Å². The van der Waals surface area contributed by atoms with Crippen molar-refractivity contribution in [3.05, 3.63) is 35.2 Å². The number of carbonyl (C=O) groups excluding carboxylic acids is 1. The van der Waals surface area contributed by atoms with Gasteiger partial charge < -0.3 is 10.6 Å². The van der Waals surface area contributed by atoms with Gasteiger partial charge in [-0.15, -0.1) is 11.3 Å². The molecule has 1 saturated carbocycles. The predicted molar refractivity (Wildman–Crippen MR) is 88.7 cm³/mol. The van der Waals surface area contributed by atoms with Gasteiger partial charge in [0.05, 0.1) is 5.56 Å². The molecule has 3 rings (SSSR count). The second kappa shape index (κ2) is 6.16. The molecule has 1 aliphatic carbocycles. The molecule has 2 atom stereocenters. The minimum atomic E-state index is 0.167. The van der Waals surface area contributed by atoms with Crippen LogP contribution in [0, 0.1) is 5.92 Å². The smallest absolute Gasteiger partial charge is 0.255 e. The summed E-state index contributed by atoms with van der Waals surface area (Å²) in [5.41, 5.74) is 6.74. The van der Waals surface area contributed by atoms with E-state index in [9.17, 15) is 4.79 Å². The van der Waals surface area contributed by atoms with E-state index in [2.05, 4.69) is 13.0 Å². The molecular formula is C17H22N2OS. The van der Waals surface area contributed by atoms with Gasteiger partial charge in [0.25, 0.3) is 5.91 Å². The fraction of sp³-hybridized carbons (Fsp3) is 0.471. The van der Waals surface area contributed by atoms with Crippen molar-refractivity contribution in [3.8, 4) is 0 Å². The van der Waals surface area contributed by atoms with Gasteiger partial charge in [-0.3, -0.25) is 4.79 Å². The van der Waals surface area contributed by atoms with Crippen LogP contribution in [-0.4, -0.2) is 29.9 Å². The van der Waals surface area contributed by atoms with E-state index in [4.69, 9.17) is 5.73 Å². The maximum atomic E-state index is 13.0. The zero-order valence-corrected chi connectivity index (χ0v) is 13.2. The average molecular weight is 302 g/mol. The van der Waals surface area contributed by atoms with Gasteiger partial charge >= 0.3 is 0 Å². The zero-order valence-electron chi connectivity index (χ0n) is 12.4. The van der Waals surface area contributed by atoms with E-state index in [1.54, 1.807) is 11.3 Å². The second-order valence-electron chi connectivity index (χ2n) is 5.73. The summed E-state index contributed by atoms with van der Waals surface area (Å²) in [6.45, 7) is 3.50. The van der Waals surface area contributed by atoms with Crippen molar-refractivity contribution in [2.45, 2.75) is 32.2 Å². The molecule has 0 bridgehead atoms. The maximum Gasteiger partial charge on any atom is 0.255 e. The number of fused-ring (bicyclic) bond motifs is 1. The summed E-state index contributed by atoms with van der Waals surface area (Å²) in [5, 5.41) is 3.08. The van der Waals surface area contributed by atoms with E-state index in [0.717, 1.165) is 30.3 Å². The Hall–Kier alpha value is -1.39. The Morgan fingerprint density at radius 3 is 2.95 bits per heavy atom. The van der Waals surface area contributed by atoms with Crippen LogP contribution in [0.3, 0.4) is 0 Å². The average Bonchev–Trinajstić information content (AvgIpc) is 3.14. The Labute approximate surface area is 129 Å². The Morgan fingerprint density at radius 1 is 1.38 bits per heavy atom. The van der Waals surface area contributed by atoms with Gasteiger partial charge in [-0.05, 0) is 38.3 Å². The summed E-state index contributed by atoms with van der Waals surface area (Å²) in [6.07, 6.45) is 3.42. The molecule has 3 nitrogen and oxygen atoms in total. The second-order valence-corrected chi connectivity index (χ2v) is 6.64. The molecule has 1 heterocycles. The Kier molecular flexibility index (Phi) is 4.27. The molecule has 0 saturated heterocycles. The molecular weight excluding hydrogens is 280 g/mol. The highest BCUT2D eigenvalue weighted by atomic mass is 32.1. The Morgan fingerprint density at radius 2 is 2.19 bits per heavy atom. The summed E-state index contributed by atoms with van der Waals surface area (Å²) in [5.74, 6) is 0.624. The fourth-order valence-corrected chi connectivity index (χ4v) is 4.46. The van der Waals surface area contributed by atoms with Crippen molar-refractivity contribution in [3.63, 3.8) is 0 Å². The number of rotatable bonds is 4. The molecule has 4 heteroatoms. The first kappa shape index (κ1) is 14.5. The van der Waals surface area contributed by atoms with E-state index in [-0.39, 0.29) is 5.91 Å². The van der Waals surface area contributed by atoms with Gasteiger partial charge in [0.1, 0.15) is 0 Å². The predicted octanol–water partition coefficient (Wildman–Crippen LogP) is 3.49. The lowest BCUT2D eigenvalue weighted by atomic mass is 10.0. The zero-order chi connectivity index (χ0) is 14.8. The normalized spacial score (nSPS) is 21.8. The molecule has 1 fully saturated rings. The van der Waals surface area contributed by atoms with Crippen LogP contribution in [0.5, 0.6) is 0 Å². The van der Waals surface area contributed by atoms with Gasteiger partial charge in [0.15, 0.2) is 0 Å². The summed E-state index contributed by atoms with van der Waals surface area (Å²) in [4.78, 5) is 15.0. The first-order chi connectivity index (χ1) is 10.3. The monoisotopic (exact) mass is 302 g/mol. The number of amides is 1. The molecule has 112 valence electrons. The van der Waals surface area contributed by atoms with E-state index in [1.165, 1.54) is 11.1 Å². The summed E-state index contributed by atoms with van der Waals surface area (Å²) < 4.78 is 1.18. The lowest BCUT2D eigenvalue weighted by molar-refractivity contribution is 0.0654. The Bertz CT molecular complexity index is 637. The minimum absolute atomic E-state index is 0.167. The minimum Gasteiger partial charge on any atom is -0.336 e. The summed E-state index contributed by atoms with van der Waals surface area (Å²) in [6, 6.07) is 8.45. The van der Waals surface area contributed by atoms with Crippen LogP contribution < -0.4 is 5.73 Å². The van der Waals surface area contributed by atoms with E-state index in [1.807, 2.05) is 28.5 Å². The standard InChI is InChI=1S/C17H22N2OS/c1-2-19(15-8-5-6-12(15)10-18)17(20)14-11-21-16-9-4-3-7-13(14)16/h3-4,7,9,11-12,15H,2,5-6,8,10,18H2,1H3. The van der Waals surface area contributed by atoms with E-state index < -0.39 is 0 Å².